The zero-order valence-electron chi connectivity index (χ0n) is 9.89. The fourth-order valence-electron chi connectivity index (χ4n) is 2.01. The maximum Gasteiger partial charge on any atom is 0.252 e. The Labute approximate surface area is 115 Å². The van der Waals surface area contributed by atoms with Crippen molar-refractivity contribution in [1.29, 1.82) is 0 Å². The molecule has 1 aromatic rings. The molecular formula is C11H16BrNO2S2. The summed E-state index contributed by atoms with van der Waals surface area (Å²) in [6.07, 6.45) is 0.951. The van der Waals surface area contributed by atoms with Crippen molar-refractivity contribution in [3.8, 4) is 0 Å². The molecule has 2 atom stereocenters. The Balaban J connectivity index is 2.22. The maximum atomic E-state index is 12.4. The Bertz CT molecular complexity index is 497. The first kappa shape index (κ1) is 13.5. The average molecular weight is 338 g/mol. The van der Waals surface area contributed by atoms with Crippen LogP contribution in [0.4, 0.5) is 0 Å². The van der Waals surface area contributed by atoms with Crippen LogP contribution in [0.25, 0.3) is 0 Å². The first-order valence-corrected chi connectivity index (χ1v) is 8.71. The van der Waals surface area contributed by atoms with Crippen LogP contribution in [0.1, 0.15) is 20.3 Å². The van der Waals surface area contributed by atoms with Gasteiger partial charge in [0.05, 0.1) is 3.79 Å². The van der Waals surface area contributed by atoms with Crippen LogP contribution in [-0.2, 0) is 10.0 Å². The van der Waals surface area contributed by atoms with Crippen LogP contribution in [-0.4, -0.2) is 25.8 Å². The molecular weight excluding hydrogens is 322 g/mol. The predicted molar refractivity (Wildman–Crippen MR) is 73.7 cm³/mol. The maximum absolute atomic E-state index is 12.4. The van der Waals surface area contributed by atoms with Crippen LogP contribution in [0, 0.1) is 11.8 Å². The van der Waals surface area contributed by atoms with E-state index in [9.17, 15) is 8.42 Å². The first-order chi connectivity index (χ1) is 7.91. The lowest BCUT2D eigenvalue weighted by Gasteiger charge is -2.34. The molecule has 2 unspecified atom stereocenters. The lowest BCUT2D eigenvalue weighted by molar-refractivity contribution is 0.213. The third kappa shape index (κ3) is 2.75. The van der Waals surface area contributed by atoms with E-state index in [2.05, 4.69) is 29.8 Å². The molecule has 2 rings (SSSR count). The lowest BCUT2D eigenvalue weighted by Crippen LogP contribution is -2.41. The first-order valence-electron chi connectivity index (χ1n) is 5.66. The highest BCUT2D eigenvalue weighted by Crippen LogP contribution is 2.32. The summed E-state index contributed by atoms with van der Waals surface area (Å²) < 4.78 is 27.6. The van der Waals surface area contributed by atoms with E-state index in [-0.39, 0.29) is 0 Å². The summed E-state index contributed by atoms with van der Waals surface area (Å²) in [7, 11) is -3.28. The molecule has 0 amide bonds. The Morgan fingerprint density at radius 1 is 1.35 bits per heavy atom. The van der Waals surface area contributed by atoms with Crippen molar-refractivity contribution < 1.29 is 8.42 Å². The normalized spacial score (nSPS) is 27.2. The van der Waals surface area contributed by atoms with Crippen LogP contribution in [0.2, 0.25) is 0 Å². The second kappa shape index (κ2) is 4.99. The topological polar surface area (TPSA) is 37.4 Å². The molecule has 0 aromatic carbocycles. The van der Waals surface area contributed by atoms with Gasteiger partial charge in [0.2, 0.25) is 0 Å². The SMILES string of the molecule is CC1CCN(S(=O)(=O)c2ccc(Br)s2)CC1C. The Hall–Kier alpha value is 0.0900. The minimum atomic E-state index is -3.28. The van der Waals surface area contributed by atoms with Gasteiger partial charge in [0.25, 0.3) is 10.0 Å². The van der Waals surface area contributed by atoms with Crippen molar-refractivity contribution in [2.45, 2.75) is 24.5 Å². The summed E-state index contributed by atoms with van der Waals surface area (Å²) in [6.45, 7) is 5.59. The van der Waals surface area contributed by atoms with E-state index in [0.717, 1.165) is 10.2 Å². The number of hydrogen-bond acceptors (Lipinski definition) is 3. The van der Waals surface area contributed by atoms with Crippen LogP contribution < -0.4 is 0 Å². The molecule has 0 N–H and O–H groups in total. The summed E-state index contributed by atoms with van der Waals surface area (Å²) in [4.78, 5) is 0. The molecule has 3 nitrogen and oxygen atoms in total. The summed E-state index contributed by atoms with van der Waals surface area (Å²) in [5, 5.41) is 0. The van der Waals surface area contributed by atoms with E-state index >= 15 is 0 Å². The van der Waals surface area contributed by atoms with Crippen LogP contribution in [0.5, 0.6) is 0 Å². The highest BCUT2D eigenvalue weighted by atomic mass is 79.9. The quantitative estimate of drug-likeness (QED) is 0.831. The van der Waals surface area contributed by atoms with Gasteiger partial charge in [-0.2, -0.15) is 4.31 Å². The Kier molecular flexibility index (Phi) is 3.97. The monoisotopic (exact) mass is 337 g/mol. The standard InChI is InChI=1S/C11H16BrNO2S2/c1-8-5-6-13(7-9(8)2)17(14,15)11-4-3-10(12)16-11/h3-4,8-9H,5-7H2,1-2H3. The molecule has 96 valence electrons. The number of piperidine rings is 1. The minimum Gasteiger partial charge on any atom is -0.206 e. The number of sulfonamides is 1. The van der Waals surface area contributed by atoms with Gasteiger partial charge < -0.3 is 0 Å². The van der Waals surface area contributed by atoms with Gasteiger partial charge in [-0.25, -0.2) is 8.42 Å². The summed E-state index contributed by atoms with van der Waals surface area (Å²) in [5.74, 6) is 1.04. The van der Waals surface area contributed by atoms with Crippen molar-refractivity contribution in [3.05, 3.63) is 15.9 Å². The number of hydrogen-bond donors (Lipinski definition) is 0. The number of nitrogens with zero attached hydrogens (tertiary/aromatic N) is 1. The van der Waals surface area contributed by atoms with Gasteiger partial charge in [-0.05, 0) is 46.3 Å². The molecule has 1 aromatic heterocycles. The van der Waals surface area contributed by atoms with Crippen LogP contribution >= 0.6 is 27.3 Å². The Morgan fingerprint density at radius 2 is 2.06 bits per heavy atom. The number of thiophene rings is 1. The van der Waals surface area contributed by atoms with Gasteiger partial charge in [-0.3, -0.25) is 0 Å². The van der Waals surface area contributed by atoms with Gasteiger partial charge in [0, 0.05) is 13.1 Å². The number of rotatable bonds is 2. The molecule has 1 saturated heterocycles. The predicted octanol–water partition coefficient (Wildman–Crippen LogP) is 3.18. The molecule has 0 saturated carbocycles. The van der Waals surface area contributed by atoms with Crippen LogP contribution in [0.3, 0.4) is 0 Å². The van der Waals surface area contributed by atoms with Crippen molar-refractivity contribution in [2.24, 2.45) is 11.8 Å². The fourth-order valence-corrected chi connectivity index (χ4v) is 5.73. The van der Waals surface area contributed by atoms with E-state index in [1.165, 1.54) is 11.3 Å². The molecule has 0 bridgehead atoms. The highest BCUT2D eigenvalue weighted by molar-refractivity contribution is 9.11. The summed E-state index contributed by atoms with van der Waals surface area (Å²) >= 11 is 4.58. The highest BCUT2D eigenvalue weighted by Gasteiger charge is 2.32. The Morgan fingerprint density at radius 3 is 2.59 bits per heavy atom. The van der Waals surface area contributed by atoms with Gasteiger partial charge >= 0.3 is 0 Å². The van der Waals surface area contributed by atoms with Crippen molar-refractivity contribution in [2.75, 3.05) is 13.1 Å². The zero-order chi connectivity index (χ0) is 12.6. The van der Waals surface area contributed by atoms with Crippen LogP contribution in [0.15, 0.2) is 20.1 Å². The van der Waals surface area contributed by atoms with Gasteiger partial charge in [0.15, 0.2) is 0 Å². The lowest BCUT2D eigenvalue weighted by atomic mass is 9.90. The number of halogens is 1. The third-order valence-electron chi connectivity index (χ3n) is 3.44. The second-order valence-corrected chi connectivity index (χ2v) is 9.29. The molecule has 1 fully saturated rings. The molecule has 0 spiro atoms. The largest absolute Gasteiger partial charge is 0.252 e. The molecule has 0 radical (unpaired) electrons. The zero-order valence-corrected chi connectivity index (χ0v) is 13.1. The second-order valence-electron chi connectivity index (χ2n) is 4.66. The van der Waals surface area contributed by atoms with Crippen molar-refractivity contribution in [3.63, 3.8) is 0 Å². The fraction of sp³-hybridized carbons (Fsp3) is 0.636. The van der Waals surface area contributed by atoms with E-state index < -0.39 is 10.0 Å². The van der Waals surface area contributed by atoms with Crippen molar-refractivity contribution in [1.82, 2.24) is 4.31 Å². The van der Waals surface area contributed by atoms with Gasteiger partial charge in [-0.15, -0.1) is 11.3 Å². The van der Waals surface area contributed by atoms with E-state index in [1.807, 2.05) is 0 Å². The summed E-state index contributed by atoms with van der Waals surface area (Å²) in [6, 6.07) is 3.46. The molecule has 2 heterocycles. The molecule has 0 aliphatic carbocycles. The van der Waals surface area contributed by atoms with E-state index in [4.69, 9.17) is 0 Å². The van der Waals surface area contributed by atoms with Gasteiger partial charge in [0.1, 0.15) is 4.21 Å². The molecule has 6 heteroatoms. The average Bonchev–Trinajstić information content (AvgIpc) is 2.69. The third-order valence-corrected chi connectivity index (χ3v) is 7.40. The molecule has 1 aliphatic rings. The molecule has 17 heavy (non-hydrogen) atoms. The van der Waals surface area contributed by atoms with E-state index in [0.29, 0.717) is 29.1 Å². The molecule has 1 aliphatic heterocycles. The van der Waals surface area contributed by atoms with E-state index in [1.54, 1.807) is 16.4 Å². The van der Waals surface area contributed by atoms with Gasteiger partial charge in [-0.1, -0.05) is 13.8 Å². The van der Waals surface area contributed by atoms with Crippen molar-refractivity contribution >= 4 is 37.3 Å². The summed E-state index contributed by atoms with van der Waals surface area (Å²) in [5.41, 5.74) is 0. The smallest absolute Gasteiger partial charge is 0.206 e. The minimum absolute atomic E-state index is 0.432.